The van der Waals surface area contributed by atoms with Crippen molar-refractivity contribution in [1.29, 1.82) is 0 Å². The molecule has 0 N–H and O–H groups in total. The number of aryl methyl sites for hydroxylation is 1. The second-order valence-electron chi connectivity index (χ2n) is 6.63. The van der Waals surface area contributed by atoms with E-state index in [9.17, 15) is 12.8 Å². The lowest BCUT2D eigenvalue weighted by atomic mass is 10.1. The Kier molecular flexibility index (Phi) is 5.24. The van der Waals surface area contributed by atoms with Gasteiger partial charge < -0.3 is 9.30 Å². The highest BCUT2D eigenvalue weighted by atomic mass is 32.2. The summed E-state index contributed by atoms with van der Waals surface area (Å²) >= 11 is 0. The highest BCUT2D eigenvalue weighted by Gasteiger charge is 2.33. The van der Waals surface area contributed by atoms with Crippen molar-refractivity contribution in [2.75, 3.05) is 13.1 Å². The first-order valence-electron chi connectivity index (χ1n) is 8.45. The van der Waals surface area contributed by atoms with E-state index < -0.39 is 21.9 Å². The molecule has 3 rings (SSSR count). The minimum absolute atomic E-state index is 0.0376. The predicted octanol–water partition coefficient (Wildman–Crippen LogP) is 1.70. The molecule has 2 aromatic rings. The molecule has 0 spiro atoms. The van der Waals surface area contributed by atoms with Crippen LogP contribution in [0.2, 0.25) is 0 Å². The Morgan fingerprint density at radius 1 is 1.31 bits per heavy atom. The first kappa shape index (κ1) is 18.7. The molecule has 0 amide bonds. The zero-order chi connectivity index (χ0) is 18.9. The lowest BCUT2D eigenvalue weighted by molar-refractivity contribution is 0.118. The fraction of sp³-hybridized carbons (Fsp3) is 0.562. The van der Waals surface area contributed by atoms with Crippen LogP contribution in [0.3, 0.4) is 0 Å². The average Bonchev–Trinajstić information content (AvgIpc) is 3.00. The van der Waals surface area contributed by atoms with Crippen LogP contribution in [-0.2, 0) is 17.1 Å². The van der Waals surface area contributed by atoms with E-state index in [1.807, 2.05) is 13.8 Å². The molecule has 1 saturated heterocycles. The van der Waals surface area contributed by atoms with Crippen LogP contribution in [-0.4, -0.2) is 51.4 Å². The summed E-state index contributed by atoms with van der Waals surface area (Å²) in [6.45, 7) is 4.51. The highest BCUT2D eigenvalue weighted by Crippen LogP contribution is 2.23. The summed E-state index contributed by atoms with van der Waals surface area (Å²) in [5.41, 5.74) is 0. The molecule has 0 saturated carbocycles. The molecule has 1 fully saturated rings. The summed E-state index contributed by atoms with van der Waals surface area (Å²) in [6, 6.07) is 0.0376. The number of aromatic nitrogens is 4. The van der Waals surface area contributed by atoms with Crippen molar-refractivity contribution in [3.8, 4) is 6.01 Å². The van der Waals surface area contributed by atoms with Gasteiger partial charge >= 0.3 is 6.01 Å². The van der Waals surface area contributed by atoms with E-state index >= 15 is 0 Å². The van der Waals surface area contributed by atoms with Crippen molar-refractivity contribution < 1.29 is 17.5 Å². The normalized spacial score (nSPS) is 19.0. The standard InChI is InChI=1S/C16H22FN5O3S/c1-11(2)15-20-14(10-21(15)3)26(23,24)22-6-4-5-13(9-22)25-16-18-7-12(17)8-19-16/h7-8,10-11,13H,4-6,9H2,1-3H3. The quantitative estimate of drug-likeness (QED) is 0.781. The van der Waals surface area contributed by atoms with Gasteiger partial charge in [0.25, 0.3) is 10.0 Å². The third-order valence-corrected chi connectivity index (χ3v) is 5.96. The third kappa shape index (κ3) is 3.85. The Hall–Kier alpha value is -2.07. The van der Waals surface area contributed by atoms with Gasteiger partial charge in [-0.15, -0.1) is 0 Å². The summed E-state index contributed by atoms with van der Waals surface area (Å²) in [5.74, 6) is 0.284. The Balaban J connectivity index is 1.75. The van der Waals surface area contributed by atoms with E-state index in [-0.39, 0.29) is 23.5 Å². The fourth-order valence-corrected chi connectivity index (χ4v) is 4.47. The molecule has 0 aromatic carbocycles. The smallest absolute Gasteiger partial charge is 0.316 e. The van der Waals surface area contributed by atoms with Crippen molar-refractivity contribution in [3.63, 3.8) is 0 Å². The molecule has 3 heterocycles. The number of imidazole rings is 1. The first-order valence-corrected chi connectivity index (χ1v) is 9.89. The molecule has 1 aliphatic heterocycles. The van der Waals surface area contributed by atoms with Crippen LogP contribution in [0.4, 0.5) is 4.39 Å². The Morgan fingerprint density at radius 3 is 2.62 bits per heavy atom. The highest BCUT2D eigenvalue weighted by molar-refractivity contribution is 7.89. The average molecular weight is 383 g/mol. The number of sulfonamides is 1. The van der Waals surface area contributed by atoms with Gasteiger partial charge in [0, 0.05) is 25.7 Å². The van der Waals surface area contributed by atoms with Gasteiger partial charge in [-0.3, -0.25) is 0 Å². The molecule has 0 radical (unpaired) electrons. The number of piperidine rings is 1. The number of halogens is 1. The molecule has 2 aromatic heterocycles. The maximum atomic E-state index is 12.9. The van der Waals surface area contributed by atoms with Crippen molar-refractivity contribution in [1.82, 2.24) is 23.8 Å². The molecular weight excluding hydrogens is 361 g/mol. The topological polar surface area (TPSA) is 90.2 Å². The van der Waals surface area contributed by atoms with Crippen LogP contribution in [0.25, 0.3) is 0 Å². The van der Waals surface area contributed by atoms with Crippen LogP contribution >= 0.6 is 0 Å². The van der Waals surface area contributed by atoms with E-state index in [2.05, 4.69) is 15.0 Å². The van der Waals surface area contributed by atoms with Crippen LogP contribution in [0, 0.1) is 5.82 Å². The molecule has 26 heavy (non-hydrogen) atoms. The second kappa shape index (κ2) is 7.28. The van der Waals surface area contributed by atoms with Crippen molar-refractivity contribution in [2.24, 2.45) is 7.05 Å². The van der Waals surface area contributed by atoms with E-state index in [1.54, 1.807) is 11.6 Å². The molecular formula is C16H22FN5O3S. The lowest BCUT2D eigenvalue weighted by Crippen LogP contribution is -2.44. The Labute approximate surface area is 152 Å². The summed E-state index contributed by atoms with van der Waals surface area (Å²) in [4.78, 5) is 11.8. The lowest BCUT2D eigenvalue weighted by Gasteiger charge is -2.30. The van der Waals surface area contributed by atoms with Crippen LogP contribution < -0.4 is 4.74 Å². The molecule has 142 valence electrons. The minimum Gasteiger partial charge on any atom is -0.459 e. The summed E-state index contributed by atoms with van der Waals surface area (Å²) in [5, 5.41) is 0.0439. The zero-order valence-corrected chi connectivity index (χ0v) is 15.8. The van der Waals surface area contributed by atoms with Gasteiger partial charge in [-0.1, -0.05) is 13.8 Å². The molecule has 1 unspecified atom stereocenters. The van der Waals surface area contributed by atoms with Gasteiger partial charge in [0.15, 0.2) is 10.8 Å². The summed E-state index contributed by atoms with van der Waals surface area (Å²) in [6.07, 6.45) is 4.50. The number of hydrogen-bond donors (Lipinski definition) is 0. The monoisotopic (exact) mass is 383 g/mol. The Morgan fingerprint density at radius 2 is 2.00 bits per heavy atom. The molecule has 1 atom stereocenters. The predicted molar refractivity (Wildman–Crippen MR) is 91.7 cm³/mol. The van der Waals surface area contributed by atoms with Gasteiger partial charge in [-0.2, -0.15) is 4.31 Å². The van der Waals surface area contributed by atoms with Crippen molar-refractivity contribution >= 4 is 10.0 Å². The Bertz CT molecular complexity index is 867. The number of rotatable bonds is 5. The molecule has 0 bridgehead atoms. The van der Waals surface area contributed by atoms with Crippen LogP contribution in [0.5, 0.6) is 6.01 Å². The minimum atomic E-state index is -3.71. The maximum Gasteiger partial charge on any atom is 0.316 e. The SMILES string of the molecule is CC(C)c1nc(S(=O)(=O)N2CCCC(Oc3ncc(F)cn3)C2)cn1C. The summed E-state index contributed by atoms with van der Waals surface area (Å²) in [7, 11) is -1.92. The van der Waals surface area contributed by atoms with Gasteiger partial charge in [0.05, 0.1) is 18.9 Å². The van der Waals surface area contributed by atoms with Gasteiger partial charge in [0.1, 0.15) is 11.9 Å². The third-order valence-electron chi connectivity index (χ3n) is 4.22. The molecule has 1 aliphatic rings. The summed E-state index contributed by atoms with van der Waals surface area (Å²) < 4.78 is 47.5. The molecule has 8 nitrogen and oxygen atoms in total. The maximum absolute atomic E-state index is 12.9. The van der Waals surface area contributed by atoms with Crippen molar-refractivity contribution in [3.05, 3.63) is 30.2 Å². The van der Waals surface area contributed by atoms with Crippen LogP contribution in [0.1, 0.15) is 38.4 Å². The van der Waals surface area contributed by atoms with E-state index in [0.717, 1.165) is 12.4 Å². The first-order chi connectivity index (χ1) is 12.3. The molecule has 10 heteroatoms. The second-order valence-corrected chi connectivity index (χ2v) is 8.52. The molecule has 0 aliphatic carbocycles. The number of ether oxygens (including phenoxy) is 1. The van der Waals surface area contributed by atoms with E-state index in [0.29, 0.717) is 25.2 Å². The van der Waals surface area contributed by atoms with Crippen molar-refractivity contribution in [2.45, 2.75) is 43.7 Å². The zero-order valence-electron chi connectivity index (χ0n) is 15.0. The van der Waals surface area contributed by atoms with E-state index in [1.165, 1.54) is 10.5 Å². The number of hydrogen-bond acceptors (Lipinski definition) is 6. The van der Waals surface area contributed by atoms with Gasteiger partial charge in [-0.05, 0) is 12.8 Å². The fourth-order valence-electron chi connectivity index (χ4n) is 2.98. The van der Waals surface area contributed by atoms with Gasteiger partial charge in [-0.25, -0.2) is 27.8 Å². The number of nitrogens with zero attached hydrogens (tertiary/aromatic N) is 5. The van der Waals surface area contributed by atoms with Crippen LogP contribution in [0.15, 0.2) is 23.6 Å². The van der Waals surface area contributed by atoms with Gasteiger partial charge in [0.2, 0.25) is 0 Å². The largest absolute Gasteiger partial charge is 0.459 e. The van der Waals surface area contributed by atoms with E-state index in [4.69, 9.17) is 4.74 Å².